The van der Waals surface area contributed by atoms with E-state index >= 15 is 0 Å². The van der Waals surface area contributed by atoms with Gasteiger partial charge in [-0.3, -0.25) is 4.79 Å². The van der Waals surface area contributed by atoms with Crippen LogP contribution in [0.5, 0.6) is 0 Å². The first-order valence-electron chi connectivity index (χ1n) is 4.93. The van der Waals surface area contributed by atoms with Crippen molar-refractivity contribution in [3.05, 3.63) is 34.3 Å². The second kappa shape index (κ2) is 5.71. The van der Waals surface area contributed by atoms with Crippen molar-refractivity contribution in [2.24, 2.45) is 11.7 Å². The molecule has 2 N–H and O–H groups in total. The van der Waals surface area contributed by atoms with Crippen LogP contribution in [0.3, 0.4) is 0 Å². The number of nitrogens with two attached hydrogens (primary N) is 1. The molecule has 2 unspecified atom stereocenters. The van der Waals surface area contributed by atoms with Crippen molar-refractivity contribution in [2.75, 3.05) is 7.11 Å². The molecule has 3 nitrogen and oxygen atoms in total. The van der Waals surface area contributed by atoms with Gasteiger partial charge >= 0.3 is 12.1 Å². The van der Waals surface area contributed by atoms with Crippen molar-refractivity contribution >= 4 is 21.9 Å². The molecule has 18 heavy (non-hydrogen) atoms. The van der Waals surface area contributed by atoms with Crippen molar-refractivity contribution in [1.29, 1.82) is 0 Å². The van der Waals surface area contributed by atoms with Gasteiger partial charge in [-0.15, -0.1) is 0 Å². The fraction of sp³-hybridized carbons (Fsp3) is 0.364. The zero-order chi connectivity index (χ0) is 13.9. The minimum atomic E-state index is -4.75. The van der Waals surface area contributed by atoms with Crippen LogP contribution in [0.2, 0.25) is 0 Å². The Kier molecular flexibility index (Phi) is 4.75. The maximum Gasteiger partial charge on any atom is 0.404 e. The highest BCUT2D eigenvalue weighted by Crippen LogP contribution is 2.35. The molecule has 0 heterocycles. The molecular weight excluding hydrogens is 315 g/mol. The third-order valence-electron chi connectivity index (χ3n) is 2.42. The van der Waals surface area contributed by atoms with Gasteiger partial charge in [0.25, 0.3) is 0 Å². The number of rotatable bonds is 3. The van der Waals surface area contributed by atoms with Gasteiger partial charge in [-0.1, -0.05) is 28.1 Å². The molecule has 0 saturated heterocycles. The van der Waals surface area contributed by atoms with E-state index in [2.05, 4.69) is 20.7 Å². The zero-order valence-corrected chi connectivity index (χ0v) is 11.0. The summed E-state index contributed by atoms with van der Waals surface area (Å²) in [4.78, 5) is 11.2. The van der Waals surface area contributed by atoms with Gasteiger partial charge < -0.3 is 10.5 Å². The maximum atomic E-state index is 12.8. The molecule has 0 spiro atoms. The predicted octanol–water partition coefficient (Wildman–Crippen LogP) is 2.80. The second-order valence-electron chi connectivity index (χ2n) is 3.62. The fourth-order valence-corrected chi connectivity index (χ4v) is 1.75. The molecule has 1 rings (SSSR count). The van der Waals surface area contributed by atoms with E-state index < -0.39 is 24.1 Å². The summed E-state index contributed by atoms with van der Waals surface area (Å²) in [5.74, 6) is -3.76. The lowest BCUT2D eigenvalue weighted by atomic mass is 9.93. The van der Waals surface area contributed by atoms with E-state index in [0.29, 0.717) is 4.47 Å². The highest BCUT2D eigenvalue weighted by atomic mass is 79.9. The summed E-state index contributed by atoms with van der Waals surface area (Å²) >= 11 is 3.16. The third kappa shape index (κ3) is 3.46. The van der Waals surface area contributed by atoms with Crippen LogP contribution in [0, 0.1) is 5.92 Å². The van der Waals surface area contributed by atoms with Crippen LogP contribution < -0.4 is 5.73 Å². The molecule has 0 amide bonds. The smallest absolute Gasteiger partial charge is 0.404 e. The minimum absolute atomic E-state index is 0.214. The van der Waals surface area contributed by atoms with Gasteiger partial charge in [-0.05, 0) is 17.7 Å². The summed E-state index contributed by atoms with van der Waals surface area (Å²) in [7, 11) is 0.898. The fourth-order valence-electron chi connectivity index (χ4n) is 1.49. The SMILES string of the molecule is COC(=O)C(C(N)c1ccc(Br)cc1)C(F)(F)F. The Morgan fingerprint density at radius 3 is 2.22 bits per heavy atom. The highest BCUT2D eigenvalue weighted by molar-refractivity contribution is 9.10. The van der Waals surface area contributed by atoms with Crippen LogP contribution in [0.1, 0.15) is 11.6 Å². The quantitative estimate of drug-likeness (QED) is 0.869. The maximum absolute atomic E-state index is 12.8. The molecule has 100 valence electrons. The zero-order valence-electron chi connectivity index (χ0n) is 9.37. The average molecular weight is 326 g/mol. The Balaban J connectivity index is 3.06. The summed E-state index contributed by atoms with van der Waals surface area (Å²) in [6.07, 6.45) is -4.75. The summed E-state index contributed by atoms with van der Waals surface area (Å²) in [5.41, 5.74) is 5.73. The number of halogens is 4. The Hall–Kier alpha value is -1.08. The molecule has 0 aliphatic carbocycles. The van der Waals surface area contributed by atoms with E-state index in [1.165, 1.54) is 12.1 Å². The summed E-state index contributed by atoms with van der Waals surface area (Å²) < 4.78 is 43.2. The minimum Gasteiger partial charge on any atom is -0.468 e. The lowest BCUT2D eigenvalue weighted by Crippen LogP contribution is -2.40. The van der Waals surface area contributed by atoms with Gasteiger partial charge in [0, 0.05) is 4.47 Å². The standard InChI is InChI=1S/C11H11BrF3NO2/c1-18-10(17)8(11(13,14)15)9(16)6-2-4-7(12)5-3-6/h2-5,8-9H,16H2,1H3. The lowest BCUT2D eigenvalue weighted by molar-refractivity contribution is -0.200. The predicted molar refractivity (Wildman–Crippen MR) is 62.6 cm³/mol. The van der Waals surface area contributed by atoms with E-state index in [9.17, 15) is 18.0 Å². The summed E-state index contributed by atoms with van der Waals surface area (Å²) in [6.45, 7) is 0. The first-order chi connectivity index (χ1) is 8.27. The average Bonchev–Trinajstić information content (AvgIpc) is 2.27. The van der Waals surface area contributed by atoms with Crippen molar-refractivity contribution in [1.82, 2.24) is 0 Å². The van der Waals surface area contributed by atoms with Gasteiger partial charge in [-0.25, -0.2) is 0 Å². The van der Waals surface area contributed by atoms with Crippen LogP contribution in [0.25, 0.3) is 0 Å². The number of esters is 1. The van der Waals surface area contributed by atoms with Gasteiger partial charge in [0.2, 0.25) is 0 Å². The van der Waals surface area contributed by atoms with Gasteiger partial charge in [0.05, 0.1) is 13.2 Å². The Morgan fingerprint density at radius 1 is 1.33 bits per heavy atom. The van der Waals surface area contributed by atoms with Crippen molar-refractivity contribution in [3.8, 4) is 0 Å². The number of ether oxygens (including phenoxy) is 1. The number of hydrogen-bond donors (Lipinski definition) is 1. The molecule has 2 atom stereocenters. The topological polar surface area (TPSA) is 52.3 Å². The number of hydrogen-bond acceptors (Lipinski definition) is 3. The Labute approximate surface area is 110 Å². The van der Waals surface area contributed by atoms with Crippen LogP contribution in [-0.2, 0) is 9.53 Å². The molecular formula is C11H11BrF3NO2. The Bertz CT molecular complexity index is 419. The summed E-state index contributed by atoms with van der Waals surface area (Å²) in [6, 6.07) is 4.47. The molecule has 0 radical (unpaired) electrons. The lowest BCUT2D eigenvalue weighted by Gasteiger charge is -2.24. The first-order valence-corrected chi connectivity index (χ1v) is 5.72. The van der Waals surface area contributed by atoms with E-state index in [4.69, 9.17) is 5.73 Å². The molecule has 0 fully saturated rings. The van der Waals surface area contributed by atoms with Crippen LogP contribution >= 0.6 is 15.9 Å². The first kappa shape index (κ1) is 15.0. The largest absolute Gasteiger partial charge is 0.468 e. The van der Waals surface area contributed by atoms with Gasteiger partial charge in [0.1, 0.15) is 0 Å². The number of benzene rings is 1. The third-order valence-corrected chi connectivity index (χ3v) is 2.95. The molecule has 0 aliphatic heterocycles. The molecule has 7 heteroatoms. The molecule has 1 aromatic carbocycles. The van der Waals surface area contributed by atoms with Crippen LogP contribution in [0.15, 0.2) is 28.7 Å². The van der Waals surface area contributed by atoms with E-state index in [0.717, 1.165) is 7.11 Å². The van der Waals surface area contributed by atoms with E-state index in [1.807, 2.05) is 0 Å². The number of carbonyl (C=O) groups excluding carboxylic acids is 1. The summed E-state index contributed by atoms with van der Waals surface area (Å²) in [5, 5.41) is 0. The van der Waals surface area contributed by atoms with E-state index in [-0.39, 0.29) is 5.56 Å². The highest BCUT2D eigenvalue weighted by Gasteiger charge is 2.49. The second-order valence-corrected chi connectivity index (χ2v) is 4.54. The molecule has 1 aromatic rings. The van der Waals surface area contributed by atoms with Crippen LogP contribution in [0.4, 0.5) is 13.2 Å². The van der Waals surface area contributed by atoms with Gasteiger partial charge in [0.15, 0.2) is 5.92 Å². The van der Waals surface area contributed by atoms with Crippen molar-refractivity contribution in [3.63, 3.8) is 0 Å². The van der Waals surface area contributed by atoms with Gasteiger partial charge in [-0.2, -0.15) is 13.2 Å². The number of methoxy groups -OCH3 is 1. The van der Waals surface area contributed by atoms with Crippen molar-refractivity contribution in [2.45, 2.75) is 12.2 Å². The normalized spacial score (nSPS) is 15.0. The number of alkyl halides is 3. The molecule has 0 aliphatic rings. The molecule has 0 aromatic heterocycles. The number of carbonyl (C=O) groups is 1. The molecule has 0 saturated carbocycles. The van der Waals surface area contributed by atoms with Crippen LogP contribution in [-0.4, -0.2) is 19.3 Å². The monoisotopic (exact) mass is 325 g/mol. The Morgan fingerprint density at radius 2 is 1.83 bits per heavy atom. The van der Waals surface area contributed by atoms with Crippen molar-refractivity contribution < 1.29 is 22.7 Å². The van der Waals surface area contributed by atoms with E-state index in [1.54, 1.807) is 12.1 Å². The molecule has 0 bridgehead atoms.